The monoisotopic (exact) mass is 657 g/mol. The molecule has 3 aromatic rings. The van der Waals surface area contributed by atoms with Gasteiger partial charge >= 0.3 is 0 Å². The highest BCUT2D eigenvalue weighted by Crippen LogP contribution is 2.60. The Morgan fingerprint density at radius 1 is 1.06 bits per heavy atom. The molecule has 6 rings (SSSR count). The van der Waals surface area contributed by atoms with Crippen LogP contribution < -0.4 is 14.5 Å². The van der Waals surface area contributed by atoms with E-state index in [2.05, 4.69) is 0 Å². The molecule has 248 valence electrons. The van der Waals surface area contributed by atoms with Crippen molar-refractivity contribution in [3.63, 3.8) is 0 Å². The van der Waals surface area contributed by atoms with E-state index in [4.69, 9.17) is 9.47 Å². The zero-order valence-electron chi connectivity index (χ0n) is 27.4. The second kappa shape index (κ2) is 12.9. The molecule has 2 N–H and O–H groups in total. The molecule has 0 bridgehead atoms. The van der Waals surface area contributed by atoms with Gasteiger partial charge in [-0.1, -0.05) is 49.4 Å². The highest BCUT2D eigenvalue weighted by atomic mass is 28.4. The van der Waals surface area contributed by atoms with E-state index in [1.807, 2.05) is 92.8 Å². The van der Waals surface area contributed by atoms with Gasteiger partial charge in [0, 0.05) is 48.8 Å². The number of fused-ring (bicyclic) bond motifs is 2. The van der Waals surface area contributed by atoms with Crippen molar-refractivity contribution in [3.05, 3.63) is 89.5 Å². The Morgan fingerprint density at radius 3 is 2.38 bits per heavy atom. The number of ether oxygens (including phenoxy) is 2. The fourth-order valence-electron chi connectivity index (χ4n) is 7.61. The maximum Gasteiger partial charge on any atom is 0.264 e. The summed E-state index contributed by atoms with van der Waals surface area (Å²) in [6, 6.07) is 22.8. The molecular formula is C36H43N3O7Si. The third-order valence-corrected chi connectivity index (χ3v) is 12.4. The predicted molar refractivity (Wildman–Crippen MR) is 180 cm³/mol. The number of aliphatic hydroxyl groups is 1. The number of β-lactam (4-membered cyclic amide) rings is 1. The van der Waals surface area contributed by atoms with E-state index in [1.165, 1.54) is 0 Å². The van der Waals surface area contributed by atoms with Gasteiger partial charge in [0.15, 0.2) is 13.9 Å². The van der Waals surface area contributed by atoms with Crippen LogP contribution in [-0.4, -0.2) is 73.8 Å². The summed E-state index contributed by atoms with van der Waals surface area (Å²) in [5, 5.41) is 9.79. The topological polar surface area (TPSA) is 120 Å². The van der Waals surface area contributed by atoms with E-state index in [1.54, 1.807) is 21.8 Å². The van der Waals surface area contributed by atoms with Crippen molar-refractivity contribution in [1.29, 1.82) is 0 Å². The number of nitrogens with zero attached hydrogens (tertiary/aromatic N) is 3. The van der Waals surface area contributed by atoms with Crippen LogP contribution >= 0.6 is 0 Å². The molecule has 3 aromatic carbocycles. The van der Waals surface area contributed by atoms with Gasteiger partial charge in [-0.2, -0.15) is 0 Å². The van der Waals surface area contributed by atoms with Crippen molar-refractivity contribution < 1.29 is 33.8 Å². The molecule has 0 radical (unpaired) electrons. The number of hydrogen-bond acceptors (Lipinski definition) is 7. The van der Waals surface area contributed by atoms with E-state index >= 15 is 0 Å². The minimum absolute atomic E-state index is 0.0379. The Hall–Kier alpha value is -4.03. The normalized spacial score (nSPS) is 23.7. The van der Waals surface area contributed by atoms with Crippen LogP contribution in [0.3, 0.4) is 0 Å². The Bertz CT molecular complexity index is 1640. The fourth-order valence-corrected chi connectivity index (χ4v) is 10.2. The largest absolute Gasteiger partial charge is 0.497 e. The lowest BCUT2D eigenvalue weighted by atomic mass is 9.82. The summed E-state index contributed by atoms with van der Waals surface area (Å²) >= 11 is 0. The van der Waals surface area contributed by atoms with E-state index in [0.29, 0.717) is 36.5 Å². The Labute approximate surface area is 276 Å². The molecule has 3 aliphatic rings. The second-order valence-electron chi connectivity index (χ2n) is 13.3. The third kappa shape index (κ3) is 5.97. The van der Waals surface area contributed by atoms with Gasteiger partial charge in [0.2, 0.25) is 11.8 Å². The maximum absolute atomic E-state index is 14.8. The Morgan fingerprint density at radius 2 is 1.79 bits per heavy atom. The number of methoxy groups -OCH3 is 1. The smallest absolute Gasteiger partial charge is 0.264 e. The molecule has 0 aliphatic carbocycles. The SMILES string of the molecule is COc1ccc2c(c1)[C@]1(O[C@@H](CC(=O)N(CCO)Cc3ccccc3)[C@H]([Si](C)(C)O)[C@H]1C)C(=O)N2Cc1ccc(N2CCC2=O)cc1. The van der Waals surface area contributed by atoms with Crippen LogP contribution in [0.2, 0.25) is 18.6 Å². The van der Waals surface area contributed by atoms with Gasteiger partial charge in [0.25, 0.3) is 5.91 Å². The first kappa shape index (κ1) is 32.9. The van der Waals surface area contributed by atoms with Gasteiger partial charge < -0.3 is 34.1 Å². The first-order valence-corrected chi connectivity index (χ1v) is 19.2. The van der Waals surface area contributed by atoms with Crippen LogP contribution in [0.15, 0.2) is 72.8 Å². The molecule has 3 aliphatic heterocycles. The lowest BCUT2D eigenvalue weighted by molar-refractivity contribution is -0.150. The van der Waals surface area contributed by atoms with Crippen LogP contribution in [0.1, 0.15) is 36.5 Å². The average molecular weight is 658 g/mol. The molecule has 0 saturated carbocycles. The summed E-state index contributed by atoms with van der Waals surface area (Å²) in [6.07, 6.45) is -0.209. The summed E-state index contributed by atoms with van der Waals surface area (Å²) in [4.78, 5) is 57.3. The van der Waals surface area contributed by atoms with Crippen LogP contribution in [0.5, 0.6) is 5.75 Å². The lowest BCUT2D eigenvalue weighted by Gasteiger charge is -2.33. The van der Waals surface area contributed by atoms with E-state index in [9.17, 15) is 24.3 Å². The lowest BCUT2D eigenvalue weighted by Crippen LogP contribution is -2.46. The number of hydrogen-bond donors (Lipinski definition) is 2. The first-order valence-electron chi connectivity index (χ1n) is 16.2. The summed E-state index contributed by atoms with van der Waals surface area (Å²) in [6.45, 7) is 6.88. The second-order valence-corrected chi connectivity index (χ2v) is 17.3. The fraction of sp³-hybridized carbons (Fsp3) is 0.417. The summed E-state index contributed by atoms with van der Waals surface area (Å²) < 4.78 is 12.5. The highest BCUT2D eigenvalue weighted by Gasteiger charge is 2.66. The van der Waals surface area contributed by atoms with Crippen LogP contribution in [0.4, 0.5) is 11.4 Å². The quantitative estimate of drug-likeness (QED) is 0.235. The van der Waals surface area contributed by atoms with Gasteiger partial charge in [0.1, 0.15) is 5.75 Å². The number of aliphatic hydroxyl groups excluding tert-OH is 1. The third-order valence-electron chi connectivity index (χ3n) is 9.94. The van der Waals surface area contributed by atoms with Crippen molar-refractivity contribution in [1.82, 2.24) is 4.90 Å². The summed E-state index contributed by atoms with van der Waals surface area (Å²) in [5.74, 6) is -0.234. The zero-order valence-corrected chi connectivity index (χ0v) is 28.4. The number of amides is 3. The minimum atomic E-state index is -3.01. The maximum atomic E-state index is 14.8. The molecular weight excluding hydrogens is 614 g/mol. The molecule has 2 fully saturated rings. The number of rotatable bonds is 11. The molecule has 0 unspecified atom stereocenters. The van der Waals surface area contributed by atoms with Crippen LogP contribution in [0, 0.1) is 5.92 Å². The van der Waals surface area contributed by atoms with Gasteiger partial charge in [-0.25, -0.2) is 0 Å². The molecule has 47 heavy (non-hydrogen) atoms. The van der Waals surface area contributed by atoms with Gasteiger partial charge in [-0.05, 0) is 54.6 Å². The van der Waals surface area contributed by atoms with Crippen LogP contribution in [0.25, 0.3) is 0 Å². The predicted octanol–water partition coefficient (Wildman–Crippen LogP) is 4.19. The standard InChI is InChI=1S/C36H43N3O7Si/c1-24-34(47(3,4)44)31(21-33(42)37(18-19-40)22-25-8-6-5-7-9-25)46-36(24)29-20-28(45-2)14-15-30(29)39(35(36)43)23-26-10-12-27(13-11-26)38-17-16-32(38)41/h5-15,20,24,31,34,40,44H,16-19,21-23H2,1-4H3/t24-,31+,34-,36+/m1/s1. The molecule has 4 atom stereocenters. The summed E-state index contributed by atoms with van der Waals surface area (Å²) in [5.41, 5.74) is 2.14. The van der Waals surface area contributed by atoms with E-state index in [0.717, 1.165) is 16.8 Å². The molecule has 0 aromatic heterocycles. The molecule has 11 heteroatoms. The van der Waals surface area contributed by atoms with E-state index in [-0.39, 0.29) is 43.8 Å². The van der Waals surface area contributed by atoms with Crippen molar-refractivity contribution in [3.8, 4) is 5.75 Å². The molecule has 10 nitrogen and oxygen atoms in total. The highest BCUT2D eigenvalue weighted by molar-refractivity contribution is 6.71. The minimum Gasteiger partial charge on any atom is -0.497 e. The zero-order chi connectivity index (χ0) is 33.5. The molecule has 1 spiro atoms. The van der Waals surface area contributed by atoms with E-state index < -0.39 is 31.5 Å². The first-order chi connectivity index (χ1) is 22.5. The number of carbonyl (C=O) groups excluding carboxylic acids is 3. The van der Waals surface area contributed by atoms with Crippen molar-refractivity contribution in [2.45, 2.75) is 63.2 Å². The van der Waals surface area contributed by atoms with Crippen molar-refractivity contribution in [2.75, 3.05) is 36.6 Å². The van der Waals surface area contributed by atoms with Crippen LogP contribution in [-0.2, 0) is 37.8 Å². The Balaban J connectivity index is 1.33. The van der Waals surface area contributed by atoms with Gasteiger partial charge in [-0.3, -0.25) is 14.4 Å². The number of benzene rings is 3. The van der Waals surface area contributed by atoms with Gasteiger partial charge in [-0.15, -0.1) is 0 Å². The Kier molecular flexibility index (Phi) is 9.01. The average Bonchev–Trinajstić information content (AvgIpc) is 3.47. The summed E-state index contributed by atoms with van der Waals surface area (Å²) in [7, 11) is -1.43. The number of anilines is 2. The van der Waals surface area contributed by atoms with Crippen molar-refractivity contribution in [2.24, 2.45) is 5.92 Å². The van der Waals surface area contributed by atoms with Crippen molar-refractivity contribution >= 4 is 37.4 Å². The number of carbonyl (C=O) groups is 3. The molecule has 3 amide bonds. The van der Waals surface area contributed by atoms with Gasteiger partial charge in [0.05, 0.1) is 38.5 Å². The molecule has 3 heterocycles. The molecule has 2 saturated heterocycles.